The van der Waals surface area contributed by atoms with Gasteiger partial charge in [0.25, 0.3) is 9.05 Å². The fourth-order valence-corrected chi connectivity index (χ4v) is 4.20. The maximum Gasteiger partial charge on any atom is 0.272 e. The highest BCUT2D eigenvalue weighted by Gasteiger charge is 2.22. The second-order valence-electron chi connectivity index (χ2n) is 4.57. The molecule has 8 heteroatoms. The molecular formula is C12H19ClN2O3S2. The molecule has 1 N–H and O–H groups in total. The molecule has 0 aliphatic heterocycles. The molecule has 1 aromatic heterocycles. The summed E-state index contributed by atoms with van der Waals surface area (Å²) < 4.78 is 22.6. The number of rotatable bonds is 7. The minimum Gasteiger partial charge on any atom is -0.302 e. The van der Waals surface area contributed by atoms with Gasteiger partial charge in [0.15, 0.2) is 9.34 Å². The number of anilines is 1. The van der Waals surface area contributed by atoms with Gasteiger partial charge in [-0.1, -0.05) is 38.0 Å². The van der Waals surface area contributed by atoms with Crippen LogP contribution in [-0.4, -0.2) is 19.3 Å². The van der Waals surface area contributed by atoms with E-state index in [9.17, 15) is 13.2 Å². The molecule has 1 amide bonds. The standard InChI is InChI=1S/C12H19ClN2O3S2/c1-4-6-7-9(5-2)10(16)15-12-14-8(3)11(19-12)20(13,17)18/h9H,4-7H2,1-3H3,(H,14,15,16). The monoisotopic (exact) mass is 338 g/mol. The number of hydrogen-bond acceptors (Lipinski definition) is 5. The van der Waals surface area contributed by atoms with Crippen molar-refractivity contribution in [2.24, 2.45) is 5.92 Å². The predicted octanol–water partition coefficient (Wildman–Crippen LogP) is 3.53. The van der Waals surface area contributed by atoms with E-state index in [0.717, 1.165) is 37.0 Å². The van der Waals surface area contributed by atoms with Gasteiger partial charge in [-0.2, -0.15) is 0 Å². The maximum absolute atomic E-state index is 12.1. The van der Waals surface area contributed by atoms with Gasteiger partial charge < -0.3 is 5.32 Å². The van der Waals surface area contributed by atoms with Crippen molar-refractivity contribution in [2.75, 3.05) is 5.32 Å². The Morgan fingerprint density at radius 1 is 1.45 bits per heavy atom. The van der Waals surface area contributed by atoms with E-state index in [2.05, 4.69) is 17.2 Å². The number of nitrogens with one attached hydrogen (secondary N) is 1. The Morgan fingerprint density at radius 3 is 2.55 bits per heavy atom. The van der Waals surface area contributed by atoms with Crippen molar-refractivity contribution in [3.63, 3.8) is 0 Å². The summed E-state index contributed by atoms with van der Waals surface area (Å²) in [4.78, 5) is 16.1. The van der Waals surface area contributed by atoms with Crippen molar-refractivity contribution in [1.82, 2.24) is 4.98 Å². The smallest absolute Gasteiger partial charge is 0.272 e. The third kappa shape index (κ3) is 4.71. The Morgan fingerprint density at radius 2 is 2.10 bits per heavy atom. The van der Waals surface area contributed by atoms with Crippen molar-refractivity contribution in [3.05, 3.63) is 5.69 Å². The van der Waals surface area contributed by atoms with Crippen LogP contribution in [0, 0.1) is 12.8 Å². The largest absolute Gasteiger partial charge is 0.302 e. The second-order valence-corrected chi connectivity index (χ2v) is 8.33. The minimum atomic E-state index is -3.81. The molecule has 1 rings (SSSR count). The van der Waals surface area contributed by atoms with Gasteiger partial charge >= 0.3 is 0 Å². The number of amides is 1. The topological polar surface area (TPSA) is 76.1 Å². The molecule has 0 radical (unpaired) electrons. The summed E-state index contributed by atoms with van der Waals surface area (Å²) in [5, 5.41) is 2.96. The second kappa shape index (κ2) is 7.38. The predicted molar refractivity (Wildman–Crippen MR) is 81.8 cm³/mol. The molecule has 114 valence electrons. The number of unbranched alkanes of at least 4 members (excludes halogenated alkanes) is 1. The van der Waals surface area contributed by atoms with Crippen molar-refractivity contribution in [2.45, 2.75) is 50.7 Å². The van der Waals surface area contributed by atoms with Crippen LogP contribution < -0.4 is 5.32 Å². The normalized spacial score (nSPS) is 13.2. The van der Waals surface area contributed by atoms with Crippen LogP contribution in [0.15, 0.2) is 4.21 Å². The van der Waals surface area contributed by atoms with E-state index in [1.165, 1.54) is 0 Å². The Bertz CT molecular complexity index is 569. The van der Waals surface area contributed by atoms with E-state index >= 15 is 0 Å². The molecule has 0 aromatic carbocycles. The lowest BCUT2D eigenvalue weighted by Gasteiger charge is -2.12. The van der Waals surface area contributed by atoms with Gasteiger partial charge in [-0.25, -0.2) is 13.4 Å². The molecule has 5 nitrogen and oxygen atoms in total. The Hall–Kier alpha value is -0.660. The summed E-state index contributed by atoms with van der Waals surface area (Å²) >= 11 is 0.884. The van der Waals surface area contributed by atoms with Crippen molar-refractivity contribution in [1.29, 1.82) is 0 Å². The molecule has 1 unspecified atom stereocenters. The average molecular weight is 339 g/mol. The van der Waals surface area contributed by atoms with E-state index < -0.39 is 9.05 Å². The quantitative estimate of drug-likeness (QED) is 0.771. The zero-order valence-corrected chi connectivity index (χ0v) is 14.2. The summed E-state index contributed by atoms with van der Waals surface area (Å²) in [6.07, 6.45) is 3.60. The Labute approximate surface area is 128 Å². The van der Waals surface area contributed by atoms with E-state index in [0.29, 0.717) is 5.69 Å². The van der Waals surface area contributed by atoms with Gasteiger partial charge in [0, 0.05) is 16.6 Å². The number of thiazole rings is 1. The number of carbonyl (C=O) groups is 1. The molecule has 0 aliphatic rings. The van der Waals surface area contributed by atoms with Crippen LogP contribution in [0.4, 0.5) is 5.13 Å². The molecule has 0 bridgehead atoms. The van der Waals surface area contributed by atoms with Crippen LogP contribution in [0.1, 0.15) is 45.2 Å². The molecule has 1 atom stereocenters. The minimum absolute atomic E-state index is 0.0175. The highest BCUT2D eigenvalue weighted by Crippen LogP contribution is 2.30. The van der Waals surface area contributed by atoms with E-state index in [4.69, 9.17) is 10.7 Å². The first-order valence-corrected chi connectivity index (χ1v) is 9.65. The number of aryl methyl sites for hydroxylation is 1. The molecule has 0 saturated carbocycles. The highest BCUT2D eigenvalue weighted by atomic mass is 35.7. The highest BCUT2D eigenvalue weighted by molar-refractivity contribution is 8.15. The van der Waals surface area contributed by atoms with Crippen LogP contribution in [-0.2, 0) is 13.8 Å². The summed E-state index contributed by atoms with van der Waals surface area (Å²) in [5.41, 5.74) is 0.307. The zero-order valence-electron chi connectivity index (χ0n) is 11.8. The van der Waals surface area contributed by atoms with Gasteiger partial charge in [-0.3, -0.25) is 4.79 Å². The van der Waals surface area contributed by atoms with Crippen LogP contribution in [0.25, 0.3) is 0 Å². The van der Waals surface area contributed by atoms with Gasteiger partial charge in [0.05, 0.1) is 5.69 Å². The molecular weight excluding hydrogens is 320 g/mol. The fourth-order valence-electron chi connectivity index (χ4n) is 1.84. The molecule has 1 aromatic rings. The number of carbonyl (C=O) groups excluding carboxylic acids is 1. The Balaban J connectivity index is 2.80. The molecule has 0 saturated heterocycles. The van der Waals surface area contributed by atoms with Gasteiger partial charge in [-0.05, 0) is 19.8 Å². The lowest BCUT2D eigenvalue weighted by atomic mass is 9.99. The van der Waals surface area contributed by atoms with E-state index in [1.807, 2.05) is 6.92 Å². The number of aromatic nitrogens is 1. The molecule has 0 fully saturated rings. The molecule has 1 heterocycles. The SMILES string of the molecule is CCCCC(CC)C(=O)Nc1nc(C)c(S(=O)(=O)Cl)s1. The average Bonchev–Trinajstić information content (AvgIpc) is 2.71. The lowest BCUT2D eigenvalue weighted by Crippen LogP contribution is -2.22. The van der Waals surface area contributed by atoms with E-state index in [-0.39, 0.29) is 21.2 Å². The first kappa shape index (κ1) is 17.4. The molecule has 0 spiro atoms. The summed E-state index contributed by atoms with van der Waals surface area (Å²) in [5.74, 6) is -0.191. The van der Waals surface area contributed by atoms with Crippen molar-refractivity contribution >= 4 is 42.1 Å². The number of nitrogens with zero attached hydrogens (tertiary/aromatic N) is 1. The van der Waals surface area contributed by atoms with Gasteiger partial charge in [-0.15, -0.1) is 0 Å². The van der Waals surface area contributed by atoms with Crippen LogP contribution in [0.3, 0.4) is 0 Å². The van der Waals surface area contributed by atoms with E-state index in [1.54, 1.807) is 6.92 Å². The van der Waals surface area contributed by atoms with Gasteiger partial charge in [0.1, 0.15) is 0 Å². The molecule has 0 aliphatic carbocycles. The molecule has 20 heavy (non-hydrogen) atoms. The third-order valence-corrected chi connectivity index (χ3v) is 6.23. The van der Waals surface area contributed by atoms with Gasteiger partial charge in [0.2, 0.25) is 5.91 Å². The summed E-state index contributed by atoms with van der Waals surface area (Å²) in [6.45, 7) is 5.59. The number of hydrogen-bond donors (Lipinski definition) is 1. The fraction of sp³-hybridized carbons (Fsp3) is 0.667. The third-order valence-electron chi connectivity index (χ3n) is 2.98. The summed E-state index contributed by atoms with van der Waals surface area (Å²) in [6, 6.07) is 0. The first-order chi connectivity index (χ1) is 9.29. The maximum atomic E-state index is 12.1. The summed E-state index contributed by atoms with van der Waals surface area (Å²) in [7, 11) is 1.49. The Kier molecular flexibility index (Phi) is 6.42. The van der Waals surface area contributed by atoms with Crippen LogP contribution >= 0.6 is 22.0 Å². The van der Waals surface area contributed by atoms with Crippen LogP contribution in [0.2, 0.25) is 0 Å². The zero-order chi connectivity index (χ0) is 15.3. The lowest BCUT2D eigenvalue weighted by molar-refractivity contribution is -0.120. The van der Waals surface area contributed by atoms with Crippen LogP contribution in [0.5, 0.6) is 0 Å². The van der Waals surface area contributed by atoms with Crippen molar-refractivity contribution in [3.8, 4) is 0 Å². The number of halogens is 1. The first-order valence-electron chi connectivity index (χ1n) is 6.52. The van der Waals surface area contributed by atoms with Crippen molar-refractivity contribution < 1.29 is 13.2 Å².